The molecule has 1 aliphatic rings. The third kappa shape index (κ3) is 6.63. The standard InChI is InChI=1S/C12H21F3N4O/c1-2-16-11(17-6-5-12(13,14)15)18-9-10(20)19-7-3-4-8-19/h2-9H2,1H3,(H2,16,17,18). The minimum Gasteiger partial charge on any atom is -0.357 e. The summed E-state index contributed by atoms with van der Waals surface area (Å²) in [6.45, 7) is 3.52. The van der Waals surface area contributed by atoms with Gasteiger partial charge in [0, 0.05) is 26.2 Å². The second kappa shape index (κ2) is 7.96. The van der Waals surface area contributed by atoms with Crippen molar-refractivity contribution in [1.82, 2.24) is 15.5 Å². The summed E-state index contributed by atoms with van der Waals surface area (Å²) in [4.78, 5) is 17.5. The van der Waals surface area contributed by atoms with Crippen molar-refractivity contribution in [2.75, 3.05) is 32.7 Å². The molecule has 0 spiro atoms. The molecule has 0 aliphatic carbocycles. The van der Waals surface area contributed by atoms with E-state index < -0.39 is 12.6 Å². The third-order valence-electron chi connectivity index (χ3n) is 2.88. The molecule has 20 heavy (non-hydrogen) atoms. The molecule has 0 bridgehead atoms. The predicted octanol–water partition coefficient (Wildman–Crippen LogP) is 1.12. The van der Waals surface area contributed by atoms with E-state index in [1.165, 1.54) is 0 Å². The predicted molar refractivity (Wildman–Crippen MR) is 70.5 cm³/mol. The Balaban J connectivity index is 2.39. The number of rotatable bonds is 5. The summed E-state index contributed by atoms with van der Waals surface area (Å²) in [6, 6.07) is 0. The molecule has 116 valence electrons. The van der Waals surface area contributed by atoms with E-state index in [1.807, 2.05) is 6.92 Å². The SMILES string of the molecule is CCNC(=NCC(=O)N1CCCC1)NCCC(F)(F)F. The summed E-state index contributed by atoms with van der Waals surface area (Å²) in [5, 5.41) is 5.39. The number of halogens is 3. The summed E-state index contributed by atoms with van der Waals surface area (Å²) in [6.07, 6.45) is -3.13. The first kappa shape index (κ1) is 16.6. The number of aliphatic imine (C=N–C) groups is 1. The molecule has 1 heterocycles. The molecule has 0 saturated carbocycles. The number of carbonyl (C=O) groups excluding carboxylic acids is 1. The van der Waals surface area contributed by atoms with Crippen LogP contribution in [0.25, 0.3) is 0 Å². The van der Waals surface area contributed by atoms with Gasteiger partial charge < -0.3 is 15.5 Å². The lowest BCUT2D eigenvalue weighted by Crippen LogP contribution is -2.40. The fourth-order valence-electron chi connectivity index (χ4n) is 1.88. The topological polar surface area (TPSA) is 56.7 Å². The zero-order chi connectivity index (χ0) is 15.0. The van der Waals surface area contributed by atoms with Crippen LogP contribution in [0.15, 0.2) is 4.99 Å². The van der Waals surface area contributed by atoms with Crippen molar-refractivity contribution in [3.63, 3.8) is 0 Å². The Kier molecular flexibility index (Phi) is 6.60. The maximum atomic E-state index is 12.0. The van der Waals surface area contributed by atoms with Crippen molar-refractivity contribution in [2.24, 2.45) is 4.99 Å². The van der Waals surface area contributed by atoms with E-state index in [0.29, 0.717) is 6.54 Å². The Morgan fingerprint density at radius 3 is 2.45 bits per heavy atom. The molecule has 8 heteroatoms. The molecular formula is C12H21F3N4O. The molecular weight excluding hydrogens is 273 g/mol. The molecule has 1 fully saturated rings. The van der Waals surface area contributed by atoms with Crippen LogP contribution in [-0.4, -0.2) is 55.7 Å². The lowest BCUT2D eigenvalue weighted by atomic mass is 10.4. The Morgan fingerprint density at radius 2 is 1.90 bits per heavy atom. The number of nitrogens with one attached hydrogen (secondary N) is 2. The smallest absolute Gasteiger partial charge is 0.357 e. The van der Waals surface area contributed by atoms with E-state index in [-0.39, 0.29) is 25.0 Å². The highest BCUT2D eigenvalue weighted by Crippen LogP contribution is 2.18. The van der Waals surface area contributed by atoms with E-state index in [1.54, 1.807) is 4.90 Å². The molecule has 5 nitrogen and oxygen atoms in total. The van der Waals surface area contributed by atoms with Crippen LogP contribution in [0.2, 0.25) is 0 Å². The molecule has 0 unspecified atom stereocenters. The van der Waals surface area contributed by atoms with Crippen molar-refractivity contribution in [2.45, 2.75) is 32.4 Å². The fourth-order valence-corrected chi connectivity index (χ4v) is 1.88. The maximum Gasteiger partial charge on any atom is 0.390 e. The molecule has 1 aliphatic heterocycles. The van der Waals surface area contributed by atoms with Gasteiger partial charge in [-0.05, 0) is 19.8 Å². The van der Waals surface area contributed by atoms with E-state index >= 15 is 0 Å². The quantitative estimate of drug-likeness (QED) is 0.590. The summed E-state index contributed by atoms with van der Waals surface area (Å²) in [5.74, 6) is 0.153. The van der Waals surface area contributed by atoms with Crippen LogP contribution in [0.4, 0.5) is 13.2 Å². The van der Waals surface area contributed by atoms with Gasteiger partial charge in [0.05, 0.1) is 6.42 Å². The van der Waals surface area contributed by atoms with Crippen LogP contribution in [0.3, 0.4) is 0 Å². The number of guanidine groups is 1. The molecule has 1 rings (SSSR count). The van der Waals surface area contributed by atoms with Crippen molar-refractivity contribution in [1.29, 1.82) is 0 Å². The number of alkyl halides is 3. The van der Waals surface area contributed by atoms with Crippen molar-refractivity contribution in [3.05, 3.63) is 0 Å². The lowest BCUT2D eigenvalue weighted by molar-refractivity contribution is -0.133. The van der Waals surface area contributed by atoms with E-state index in [9.17, 15) is 18.0 Å². The van der Waals surface area contributed by atoms with Crippen LogP contribution in [-0.2, 0) is 4.79 Å². The monoisotopic (exact) mass is 294 g/mol. The number of amides is 1. The molecule has 2 N–H and O–H groups in total. The van der Waals surface area contributed by atoms with Gasteiger partial charge in [-0.25, -0.2) is 4.99 Å². The van der Waals surface area contributed by atoms with E-state index in [0.717, 1.165) is 25.9 Å². The van der Waals surface area contributed by atoms with E-state index in [2.05, 4.69) is 15.6 Å². The lowest BCUT2D eigenvalue weighted by Gasteiger charge is -2.15. The highest BCUT2D eigenvalue weighted by atomic mass is 19.4. The number of hydrogen-bond donors (Lipinski definition) is 2. The second-order valence-electron chi connectivity index (χ2n) is 4.58. The number of nitrogens with zero attached hydrogens (tertiary/aromatic N) is 2. The van der Waals surface area contributed by atoms with Gasteiger partial charge in [0.15, 0.2) is 5.96 Å². The molecule has 1 saturated heterocycles. The summed E-state index contributed by atoms with van der Waals surface area (Å²) in [5.41, 5.74) is 0. The van der Waals surface area contributed by atoms with E-state index in [4.69, 9.17) is 0 Å². The molecule has 0 aromatic carbocycles. The van der Waals surface area contributed by atoms with Gasteiger partial charge in [-0.2, -0.15) is 13.2 Å². The fraction of sp³-hybridized carbons (Fsp3) is 0.833. The number of likely N-dealkylation sites (tertiary alicyclic amines) is 1. The first-order valence-electron chi connectivity index (χ1n) is 6.79. The van der Waals surface area contributed by atoms with Gasteiger partial charge in [0.2, 0.25) is 5.91 Å². The molecule has 1 amide bonds. The highest BCUT2D eigenvalue weighted by Gasteiger charge is 2.26. The molecule has 0 atom stereocenters. The van der Waals surface area contributed by atoms with Crippen LogP contribution < -0.4 is 10.6 Å². The maximum absolute atomic E-state index is 12.0. The minimum absolute atomic E-state index is 0.0403. The van der Waals surface area contributed by atoms with Gasteiger partial charge in [-0.1, -0.05) is 0 Å². The average molecular weight is 294 g/mol. The molecule has 0 aromatic rings. The van der Waals surface area contributed by atoms with Crippen LogP contribution in [0.5, 0.6) is 0 Å². The van der Waals surface area contributed by atoms with Crippen molar-refractivity contribution in [3.8, 4) is 0 Å². The van der Waals surface area contributed by atoms with Crippen LogP contribution in [0.1, 0.15) is 26.2 Å². The molecule has 0 aromatic heterocycles. The van der Waals surface area contributed by atoms with Crippen molar-refractivity contribution < 1.29 is 18.0 Å². The van der Waals surface area contributed by atoms with Gasteiger partial charge in [0.1, 0.15) is 6.54 Å². The Morgan fingerprint density at radius 1 is 1.25 bits per heavy atom. The summed E-state index contributed by atoms with van der Waals surface area (Å²) < 4.78 is 36.1. The normalized spacial score (nSPS) is 16.4. The minimum atomic E-state index is -4.20. The summed E-state index contributed by atoms with van der Waals surface area (Å²) in [7, 11) is 0. The number of hydrogen-bond acceptors (Lipinski definition) is 2. The molecule has 0 radical (unpaired) electrons. The van der Waals surface area contributed by atoms with Gasteiger partial charge in [-0.3, -0.25) is 4.79 Å². The van der Waals surface area contributed by atoms with Crippen molar-refractivity contribution >= 4 is 11.9 Å². The largest absolute Gasteiger partial charge is 0.390 e. The van der Waals surface area contributed by atoms with Crippen LogP contribution in [0, 0.1) is 0 Å². The first-order chi connectivity index (χ1) is 9.42. The third-order valence-corrected chi connectivity index (χ3v) is 2.88. The Bertz CT molecular complexity index is 338. The van der Waals surface area contributed by atoms with Gasteiger partial charge >= 0.3 is 6.18 Å². The van der Waals surface area contributed by atoms with Gasteiger partial charge in [0.25, 0.3) is 0 Å². The Labute approximate surface area is 116 Å². The zero-order valence-corrected chi connectivity index (χ0v) is 11.6. The van der Waals surface area contributed by atoms with Crippen LogP contribution >= 0.6 is 0 Å². The van der Waals surface area contributed by atoms with Gasteiger partial charge in [-0.15, -0.1) is 0 Å². The second-order valence-corrected chi connectivity index (χ2v) is 4.58. The highest BCUT2D eigenvalue weighted by molar-refractivity contribution is 5.85. The Hall–Kier alpha value is -1.47. The zero-order valence-electron chi connectivity index (χ0n) is 11.6. The first-order valence-corrected chi connectivity index (χ1v) is 6.79. The average Bonchev–Trinajstić information content (AvgIpc) is 2.88. The number of carbonyl (C=O) groups is 1. The summed E-state index contributed by atoms with van der Waals surface area (Å²) >= 11 is 0.